The molecule has 33 heavy (non-hydrogen) atoms. The molecule has 1 fully saturated rings. The quantitative estimate of drug-likeness (QED) is 0.347. The predicted molar refractivity (Wildman–Crippen MR) is 124 cm³/mol. The van der Waals surface area contributed by atoms with Gasteiger partial charge in [0, 0.05) is 5.56 Å². The van der Waals surface area contributed by atoms with E-state index in [2.05, 4.69) is 15.5 Å². The summed E-state index contributed by atoms with van der Waals surface area (Å²) in [7, 11) is 0. The lowest BCUT2D eigenvalue weighted by atomic mass is 10.1. The van der Waals surface area contributed by atoms with Gasteiger partial charge in [-0.3, -0.25) is 4.79 Å². The van der Waals surface area contributed by atoms with Gasteiger partial charge in [0.2, 0.25) is 5.91 Å². The van der Waals surface area contributed by atoms with Gasteiger partial charge in [-0.15, -0.1) is 5.10 Å². The Hall–Kier alpha value is -3.04. The van der Waals surface area contributed by atoms with Crippen molar-refractivity contribution in [3.05, 3.63) is 82.1 Å². The maximum absolute atomic E-state index is 13.0. The SMILES string of the molecule is Cc1cccc(CC2S/C(=N/N=C/c3ccc(-c4cc(C(F)(F)F)ccc4Cl)o3)NC2=O)c1. The van der Waals surface area contributed by atoms with Gasteiger partial charge in [-0.05, 0) is 49.2 Å². The lowest BCUT2D eigenvalue weighted by Gasteiger charge is -2.08. The monoisotopic (exact) mass is 491 g/mol. The van der Waals surface area contributed by atoms with Crippen molar-refractivity contribution in [3.63, 3.8) is 0 Å². The number of carbonyl (C=O) groups excluding carboxylic acids is 1. The first kappa shape index (κ1) is 23.1. The van der Waals surface area contributed by atoms with E-state index in [-0.39, 0.29) is 33.3 Å². The largest absolute Gasteiger partial charge is 0.455 e. The predicted octanol–water partition coefficient (Wildman–Crippen LogP) is 6.09. The normalized spacial score (nSPS) is 17.8. The number of rotatable bonds is 5. The average molecular weight is 492 g/mol. The van der Waals surface area contributed by atoms with Gasteiger partial charge in [-0.25, -0.2) is 0 Å². The molecule has 0 bridgehead atoms. The highest BCUT2D eigenvalue weighted by Gasteiger charge is 2.32. The van der Waals surface area contributed by atoms with Crippen molar-refractivity contribution in [2.24, 2.45) is 10.2 Å². The van der Waals surface area contributed by atoms with Crippen LogP contribution >= 0.6 is 23.4 Å². The average Bonchev–Trinajstić information content (AvgIpc) is 3.34. The Bertz CT molecular complexity index is 1250. The molecule has 1 atom stereocenters. The van der Waals surface area contributed by atoms with Crippen LogP contribution in [-0.2, 0) is 17.4 Å². The molecule has 0 spiro atoms. The molecule has 0 aliphatic carbocycles. The van der Waals surface area contributed by atoms with Gasteiger partial charge in [-0.2, -0.15) is 18.3 Å². The number of amides is 1. The van der Waals surface area contributed by atoms with Gasteiger partial charge in [-0.1, -0.05) is 53.2 Å². The van der Waals surface area contributed by atoms with Crippen molar-refractivity contribution in [3.8, 4) is 11.3 Å². The van der Waals surface area contributed by atoms with Crippen LogP contribution in [-0.4, -0.2) is 22.5 Å². The van der Waals surface area contributed by atoms with Crippen LogP contribution in [0.25, 0.3) is 11.3 Å². The first-order valence-electron chi connectivity index (χ1n) is 9.80. The molecule has 10 heteroatoms. The summed E-state index contributed by atoms with van der Waals surface area (Å²) < 4.78 is 44.5. The molecule has 4 rings (SSSR count). The summed E-state index contributed by atoms with van der Waals surface area (Å²) in [6.45, 7) is 1.99. The minimum atomic E-state index is -4.49. The maximum atomic E-state index is 13.0. The minimum Gasteiger partial charge on any atom is -0.455 e. The smallest absolute Gasteiger partial charge is 0.416 e. The zero-order valence-corrected chi connectivity index (χ0v) is 18.8. The Labute approximate surface area is 196 Å². The van der Waals surface area contributed by atoms with Crippen LogP contribution in [0.15, 0.2) is 69.2 Å². The van der Waals surface area contributed by atoms with E-state index in [1.54, 1.807) is 0 Å². The van der Waals surface area contributed by atoms with Gasteiger partial charge >= 0.3 is 6.18 Å². The number of hydrogen-bond donors (Lipinski definition) is 1. The fourth-order valence-corrected chi connectivity index (χ4v) is 4.41. The highest BCUT2D eigenvalue weighted by Crippen LogP contribution is 2.36. The summed E-state index contributed by atoms with van der Waals surface area (Å²) in [5.41, 5.74) is 1.48. The second-order valence-electron chi connectivity index (χ2n) is 7.33. The molecule has 170 valence electrons. The van der Waals surface area contributed by atoms with E-state index in [4.69, 9.17) is 16.0 Å². The molecule has 2 aromatic carbocycles. The molecule has 1 unspecified atom stereocenters. The highest BCUT2D eigenvalue weighted by atomic mass is 35.5. The number of nitrogens with one attached hydrogen (secondary N) is 1. The van der Waals surface area contributed by atoms with Crippen LogP contribution in [0.2, 0.25) is 5.02 Å². The van der Waals surface area contributed by atoms with Crippen molar-refractivity contribution < 1.29 is 22.4 Å². The number of carbonyl (C=O) groups is 1. The van der Waals surface area contributed by atoms with E-state index in [0.29, 0.717) is 11.6 Å². The second-order valence-corrected chi connectivity index (χ2v) is 8.93. The number of halogens is 4. The first-order valence-corrected chi connectivity index (χ1v) is 11.1. The van der Waals surface area contributed by atoms with E-state index >= 15 is 0 Å². The van der Waals surface area contributed by atoms with Gasteiger partial charge in [0.05, 0.1) is 22.1 Å². The van der Waals surface area contributed by atoms with E-state index in [0.717, 1.165) is 23.3 Å². The third kappa shape index (κ3) is 5.66. The summed E-state index contributed by atoms with van der Waals surface area (Å²) in [4.78, 5) is 12.2. The molecule has 1 amide bonds. The van der Waals surface area contributed by atoms with Gasteiger partial charge in [0.15, 0.2) is 5.17 Å². The molecule has 0 saturated carbocycles. The third-order valence-corrected chi connectivity index (χ3v) is 6.20. The van der Waals surface area contributed by atoms with Gasteiger partial charge < -0.3 is 9.73 Å². The molecule has 1 aliphatic rings. The van der Waals surface area contributed by atoms with E-state index < -0.39 is 11.7 Å². The zero-order chi connectivity index (χ0) is 23.6. The van der Waals surface area contributed by atoms with Crippen LogP contribution in [0.3, 0.4) is 0 Å². The number of amidine groups is 1. The van der Waals surface area contributed by atoms with Crippen molar-refractivity contribution >= 4 is 40.7 Å². The standard InChI is InChI=1S/C23H17ClF3N3O2S/c1-13-3-2-4-14(9-13)10-20-21(31)29-22(33-20)30-28-12-16-6-8-19(32-16)17-11-15(23(25,26)27)5-7-18(17)24/h2-9,11-12,20H,10H2,1H3,(H,29,30,31)/b28-12+. The summed E-state index contributed by atoms with van der Waals surface area (Å²) in [5.74, 6) is 0.297. The maximum Gasteiger partial charge on any atom is 0.416 e. The van der Waals surface area contributed by atoms with E-state index in [9.17, 15) is 18.0 Å². The number of furan rings is 1. The number of thioether (sulfide) groups is 1. The van der Waals surface area contributed by atoms with Crippen molar-refractivity contribution in [1.82, 2.24) is 5.32 Å². The molecule has 3 aromatic rings. The Morgan fingerprint density at radius 2 is 2.00 bits per heavy atom. The van der Waals surface area contributed by atoms with Crippen LogP contribution in [0.4, 0.5) is 13.2 Å². The first-order chi connectivity index (χ1) is 15.7. The Kier molecular flexibility index (Phi) is 6.62. The summed E-state index contributed by atoms with van der Waals surface area (Å²) in [5, 5.41) is 10.8. The van der Waals surface area contributed by atoms with Gasteiger partial charge in [0.1, 0.15) is 11.5 Å². The van der Waals surface area contributed by atoms with E-state index in [1.165, 1.54) is 36.2 Å². The highest BCUT2D eigenvalue weighted by molar-refractivity contribution is 8.15. The lowest BCUT2D eigenvalue weighted by molar-refractivity contribution is -0.137. The molecule has 1 N–H and O–H groups in total. The van der Waals surface area contributed by atoms with Crippen molar-refractivity contribution in [2.45, 2.75) is 24.8 Å². The second kappa shape index (κ2) is 9.44. The zero-order valence-electron chi connectivity index (χ0n) is 17.2. The number of hydrogen-bond acceptors (Lipinski definition) is 5. The van der Waals surface area contributed by atoms with E-state index in [1.807, 2.05) is 31.2 Å². The number of alkyl halides is 3. The summed E-state index contributed by atoms with van der Waals surface area (Å²) >= 11 is 7.33. The molecule has 1 aliphatic heterocycles. The third-order valence-electron chi connectivity index (χ3n) is 4.80. The molecule has 0 radical (unpaired) electrons. The number of benzene rings is 2. The Balaban J connectivity index is 1.43. The summed E-state index contributed by atoms with van der Waals surface area (Å²) in [6, 6.07) is 14.0. The van der Waals surface area contributed by atoms with Crippen molar-refractivity contribution in [2.75, 3.05) is 0 Å². The van der Waals surface area contributed by atoms with Crippen LogP contribution in [0.5, 0.6) is 0 Å². The minimum absolute atomic E-state index is 0.120. The molecule has 1 aromatic heterocycles. The number of nitrogens with zero attached hydrogens (tertiary/aromatic N) is 2. The fraction of sp³-hybridized carbons (Fsp3) is 0.174. The van der Waals surface area contributed by atoms with Crippen LogP contribution < -0.4 is 5.32 Å². The molecule has 5 nitrogen and oxygen atoms in total. The molecular formula is C23H17ClF3N3O2S. The van der Waals surface area contributed by atoms with Crippen LogP contribution in [0.1, 0.15) is 22.5 Å². The number of aryl methyl sites for hydroxylation is 1. The molecular weight excluding hydrogens is 475 g/mol. The lowest BCUT2D eigenvalue weighted by Crippen LogP contribution is -2.25. The topological polar surface area (TPSA) is 67.0 Å². The molecule has 2 heterocycles. The fourth-order valence-electron chi connectivity index (χ4n) is 3.24. The Morgan fingerprint density at radius 3 is 2.76 bits per heavy atom. The van der Waals surface area contributed by atoms with Crippen LogP contribution in [0, 0.1) is 6.92 Å². The Morgan fingerprint density at radius 1 is 1.18 bits per heavy atom. The van der Waals surface area contributed by atoms with Crippen molar-refractivity contribution in [1.29, 1.82) is 0 Å². The van der Waals surface area contributed by atoms with Gasteiger partial charge in [0.25, 0.3) is 0 Å². The molecule has 1 saturated heterocycles. The summed E-state index contributed by atoms with van der Waals surface area (Å²) in [6.07, 6.45) is -2.62.